The monoisotopic (exact) mass is 308 g/mol. The van der Waals surface area contributed by atoms with Crippen LogP contribution in [0.5, 0.6) is 0 Å². The molecule has 0 radical (unpaired) electrons. The first-order valence-corrected chi connectivity index (χ1v) is 9.03. The van der Waals surface area contributed by atoms with Crippen molar-refractivity contribution in [2.24, 2.45) is 4.99 Å². The molecule has 0 amide bonds. The van der Waals surface area contributed by atoms with E-state index in [1.165, 1.54) is 37.2 Å². The molecule has 1 aliphatic heterocycles. The van der Waals surface area contributed by atoms with Gasteiger partial charge in [-0.05, 0) is 50.7 Å². The first-order valence-electron chi connectivity index (χ1n) is 8.15. The van der Waals surface area contributed by atoms with Crippen LogP contribution in [0, 0.1) is 0 Å². The topological polar surface area (TPSA) is 39.7 Å². The lowest BCUT2D eigenvalue weighted by Crippen LogP contribution is -2.39. The molecule has 1 aliphatic rings. The number of aliphatic imine (C=N–C) groups is 1. The van der Waals surface area contributed by atoms with Crippen LogP contribution in [0.15, 0.2) is 22.5 Å². The van der Waals surface area contributed by atoms with Crippen LogP contribution in [0.25, 0.3) is 0 Å². The minimum atomic E-state index is 0.883. The molecule has 0 atom stereocenters. The second kappa shape index (κ2) is 9.79. The van der Waals surface area contributed by atoms with Gasteiger partial charge in [0.15, 0.2) is 5.96 Å². The third-order valence-electron chi connectivity index (χ3n) is 3.72. The maximum absolute atomic E-state index is 4.68. The van der Waals surface area contributed by atoms with Crippen LogP contribution in [0.3, 0.4) is 0 Å². The predicted molar refractivity (Wildman–Crippen MR) is 92.3 cm³/mol. The van der Waals surface area contributed by atoms with Gasteiger partial charge in [-0.25, -0.2) is 0 Å². The van der Waals surface area contributed by atoms with E-state index in [1.807, 2.05) is 11.3 Å². The zero-order valence-corrected chi connectivity index (χ0v) is 13.9. The van der Waals surface area contributed by atoms with Gasteiger partial charge in [0.2, 0.25) is 0 Å². The van der Waals surface area contributed by atoms with Gasteiger partial charge in [0.05, 0.1) is 6.54 Å². The van der Waals surface area contributed by atoms with E-state index in [2.05, 4.69) is 45.0 Å². The van der Waals surface area contributed by atoms with Crippen molar-refractivity contribution in [1.29, 1.82) is 0 Å². The van der Waals surface area contributed by atoms with Gasteiger partial charge in [0.25, 0.3) is 0 Å². The predicted octanol–water partition coefficient (Wildman–Crippen LogP) is 2.33. The van der Waals surface area contributed by atoms with Gasteiger partial charge < -0.3 is 15.5 Å². The molecule has 1 fully saturated rings. The molecule has 2 heterocycles. The summed E-state index contributed by atoms with van der Waals surface area (Å²) in [5.41, 5.74) is 0. The van der Waals surface area contributed by atoms with Crippen molar-refractivity contribution in [2.75, 3.05) is 39.3 Å². The average molecular weight is 308 g/mol. The number of guanidine groups is 1. The first-order chi connectivity index (χ1) is 10.4. The minimum absolute atomic E-state index is 0.883. The Balaban J connectivity index is 1.67. The van der Waals surface area contributed by atoms with Crippen LogP contribution >= 0.6 is 11.3 Å². The van der Waals surface area contributed by atoms with Crippen molar-refractivity contribution in [3.8, 4) is 0 Å². The van der Waals surface area contributed by atoms with Gasteiger partial charge in [0, 0.05) is 24.5 Å². The van der Waals surface area contributed by atoms with E-state index in [0.29, 0.717) is 0 Å². The van der Waals surface area contributed by atoms with Gasteiger partial charge in [-0.15, -0.1) is 11.3 Å². The van der Waals surface area contributed by atoms with E-state index >= 15 is 0 Å². The summed E-state index contributed by atoms with van der Waals surface area (Å²) >= 11 is 1.82. The average Bonchev–Trinajstić information content (AvgIpc) is 3.02. The molecule has 118 valence electrons. The fraction of sp³-hybridized carbons (Fsp3) is 0.688. The van der Waals surface area contributed by atoms with Crippen molar-refractivity contribution >= 4 is 17.3 Å². The van der Waals surface area contributed by atoms with E-state index in [9.17, 15) is 0 Å². The number of hydrogen-bond acceptors (Lipinski definition) is 3. The number of thiophene rings is 1. The standard InChI is InChI=1S/C16H28N4S/c1-2-17-16(18-9-8-15-7-6-14-21-15)19-10-13-20-11-4-3-5-12-20/h6-7,14H,2-5,8-13H2,1H3,(H2,17,18,19). The van der Waals surface area contributed by atoms with Crippen LogP contribution in [0.1, 0.15) is 31.1 Å². The van der Waals surface area contributed by atoms with E-state index in [0.717, 1.165) is 38.6 Å². The van der Waals surface area contributed by atoms with Crippen molar-refractivity contribution in [3.63, 3.8) is 0 Å². The third kappa shape index (κ3) is 6.48. The van der Waals surface area contributed by atoms with Gasteiger partial charge in [-0.1, -0.05) is 12.5 Å². The summed E-state index contributed by atoms with van der Waals surface area (Å²) in [5, 5.41) is 8.88. The lowest BCUT2D eigenvalue weighted by Gasteiger charge is -2.25. The van der Waals surface area contributed by atoms with E-state index < -0.39 is 0 Å². The Hall–Kier alpha value is -1.07. The Bertz CT molecular complexity index is 396. The third-order valence-corrected chi connectivity index (χ3v) is 4.66. The fourth-order valence-corrected chi connectivity index (χ4v) is 3.30. The highest BCUT2D eigenvalue weighted by Crippen LogP contribution is 2.08. The summed E-state index contributed by atoms with van der Waals surface area (Å²) in [6, 6.07) is 4.30. The molecule has 0 spiro atoms. The molecule has 0 aromatic carbocycles. The Morgan fingerprint density at radius 3 is 2.86 bits per heavy atom. The summed E-state index contributed by atoms with van der Waals surface area (Å²) < 4.78 is 0. The number of piperidine rings is 1. The molecule has 1 aromatic heterocycles. The molecule has 4 nitrogen and oxygen atoms in total. The lowest BCUT2D eigenvalue weighted by molar-refractivity contribution is 0.235. The van der Waals surface area contributed by atoms with E-state index in [4.69, 9.17) is 0 Å². The Morgan fingerprint density at radius 1 is 1.29 bits per heavy atom. The normalized spacial score (nSPS) is 16.9. The van der Waals surface area contributed by atoms with Crippen molar-refractivity contribution in [3.05, 3.63) is 22.4 Å². The highest BCUT2D eigenvalue weighted by molar-refractivity contribution is 7.09. The molecule has 1 aromatic rings. The van der Waals surface area contributed by atoms with Crippen molar-refractivity contribution in [2.45, 2.75) is 32.6 Å². The second-order valence-corrected chi connectivity index (χ2v) is 6.45. The number of nitrogens with zero attached hydrogens (tertiary/aromatic N) is 2. The summed E-state index contributed by atoms with van der Waals surface area (Å²) in [6.07, 6.45) is 5.16. The largest absolute Gasteiger partial charge is 0.357 e. The zero-order chi connectivity index (χ0) is 14.8. The number of rotatable bonds is 7. The molecular weight excluding hydrogens is 280 g/mol. The maximum Gasteiger partial charge on any atom is 0.191 e. The molecule has 5 heteroatoms. The maximum atomic E-state index is 4.68. The number of nitrogens with one attached hydrogen (secondary N) is 2. The minimum Gasteiger partial charge on any atom is -0.357 e. The summed E-state index contributed by atoms with van der Waals surface area (Å²) in [4.78, 5) is 8.64. The van der Waals surface area contributed by atoms with Crippen molar-refractivity contribution < 1.29 is 0 Å². The molecule has 0 aliphatic carbocycles. The van der Waals surface area contributed by atoms with Gasteiger partial charge in [-0.3, -0.25) is 4.99 Å². The first kappa shape index (κ1) is 16.3. The molecule has 0 unspecified atom stereocenters. The molecular formula is C16H28N4S. The molecule has 0 bridgehead atoms. The quantitative estimate of drug-likeness (QED) is 0.600. The fourth-order valence-electron chi connectivity index (χ4n) is 2.59. The smallest absolute Gasteiger partial charge is 0.191 e. The lowest BCUT2D eigenvalue weighted by atomic mass is 10.1. The van der Waals surface area contributed by atoms with E-state index in [1.54, 1.807) is 0 Å². The molecule has 21 heavy (non-hydrogen) atoms. The van der Waals surface area contributed by atoms with Crippen LogP contribution in [0.4, 0.5) is 0 Å². The summed E-state index contributed by atoms with van der Waals surface area (Å²) in [5.74, 6) is 0.950. The molecule has 2 N–H and O–H groups in total. The molecule has 0 saturated carbocycles. The Kier molecular flexibility index (Phi) is 7.60. The van der Waals surface area contributed by atoms with E-state index in [-0.39, 0.29) is 0 Å². The molecule has 1 saturated heterocycles. The number of likely N-dealkylation sites (tertiary alicyclic amines) is 1. The Labute approximate surface area is 132 Å². The second-order valence-electron chi connectivity index (χ2n) is 5.42. The summed E-state index contributed by atoms with van der Waals surface area (Å²) in [6.45, 7) is 8.43. The van der Waals surface area contributed by atoms with Gasteiger partial charge in [-0.2, -0.15) is 0 Å². The van der Waals surface area contributed by atoms with Crippen LogP contribution in [-0.4, -0.2) is 50.1 Å². The van der Waals surface area contributed by atoms with Crippen LogP contribution in [-0.2, 0) is 6.42 Å². The SMILES string of the molecule is CCNC(=NCCN1CCCCC1)NCCc1cccs1. The van der Waals surface area contributed by atoms with Crippen LogP contribution < -0.4 is 10.6 Å². The van der Waals surface area contributed by atoms with Gasteiger partial charge >= 0.3 is 0 Å². The van der Waals surface area contributed by atoms with Crippen LogP contribution in [0.2, 0.25) is 0 Å². The number of hydrogen-bond donors (Lipinski definition) is 2. The van der Waals surface area contributed by atoms with Crippen molar-refractivity contribution in [1.82, 2.24) is 15.5 Å². The highest BCUT2D eigenvalue weighted by atomic mass is 32.1. The zero-order valence-electron chi connectivity index (χ0n) is 13.1. The summed E-state index contributed by atoms with van der Waals surface area (Å²) in [7, 11) is 0. The molecule has 2 rings (SSSR count). The van der Waals surface area contributed by atoms with Gasteiger partial charge in [0.1, 0.15) is 0 Å². The highest BCUT2D eigenvalue weighted by Gasteiger charge is 2.08. The Morgan fingerprint density at radius 2 is 2.14 bits per heavy atom.